The van der Waals surface area contributed by atoms with Gasteiger partial charge < -0.3 is 10.1 Å². The van der Waals surface area contributed by atoms with Gasteiger partial charge in [-0.1, -0.05) is 24.3 Å². The maximum atomic E-state index is 11.9. The molecule has 3 aromatic rings. The van der Waals surface area contributed by atoms with E-state index in [9.17, 15) is 4.79 Å². The second-order valence-electron chi connectivity index (χ2n) is 5.95. The molecule has 0 bridgehead atoms. The van der Waals surface area contributed by atoms with Gasteiger partial charge in [-0.15, -0.1) is 0 Å². The topological polar surface area (TPSA) is 64.1 Å². The molecule has 1 N–H and O–H groups in total. The van der Waals surface area contributed by atoms with Crippen molar-refractivity contribution in [3.05, 3.63) is 65.5 Å². The van der Waals surface area contributed by atoms with Crippen molar-refractivity contribution in [2.24, 2.45) is 0 Å². The lowest BCUT2D eigenvalue weighted by molar-refractivity contribution is -0.123. The zero-order valence-electron chi connectivity index (χ0n) is 14.5. The molecular formula is C20H21N3O2. The maximum Gasteiger partial charge on any atom is 0.257 e. The lowest BCUT2D eigenvalue weighted by Gasteiger charge is -2.09. The SMILES string of the molecule is Cc1cccc(OCC(=O)NCCc2nc3ccccc3nc2C)c1. The summed E-state index contributed by atoms with van der Waals surface area (Å²) in [6.45, 7) is 4.44. The number of benzene rings is 2. The Balaban J connectivity index is 1.50. The van der Waals surface area contributed by atoms with Crippen LogP contribution < -0.4 is 10.1 Å². The average molecular weight is 335 g/mol. The summed E-state index contributed by atoms with van der Waals surface area (Å²) in [4.78, 5) is 21.1. The van der Waals surface area contributed by atoms with Gasteiger partial charge >= 0.3 is 0 Å². The van der Waals surface area contributed by atoms with Crippen LogP contribution in [0.15, 0.2) is 48.5 Å². The molecule has 0 aliphatic carbocycles. The van der Waals surface area contributed by atoms with E-state index in [2.05, 4.69) is 15.3 Å². The molecule has 2 aromatic carbocycles. The minimum absolute atomic E-state index is 0.00579. The molecule has 0 saturated heterocycles. The van der Waals surface area contributed by atoms with E-state index in [4.69, 9.17) is 4.74 Å². The molecule has 128 valence electrons. The zero-order valence-corrected chi connectivity index (χ0v) is 14.5. The second kappa shape index (κ2) is 7.75. The monoisotopic (exact) mass is 335 g/mol. The number of aromatic nitrogens is 2. The summed E-state index contributed by atoms with van der Waals surface area (Å²) in [6.07, 6.45) is 0.639. The molecule has 25 heavy (non-hydrogen) atoms. The van der Waals surface area contributed by atoms with Crippen LogP contribution in [0.5, 0.6) is 5.75 Å². The van der Waals surface area contributed by atoms with E-state index in [1.54, 1.807) is 0 Å². The molecule has 1 aromatic heterocycles. The first-order valence-corrected chi connectivity index (χ1v) is 8.30. The Bertz CT molecular complexity index is 893. The number of aryl methyl sites for hydroxylation is 2. The smallest absolute Gasteiger partial charge is 0.257 e. The number of nitrogens with one attached hydrogen (secondary N) is 1. The Morgan fingerprint density at radius 2 is 1.80 bits per heavy atom. The number of hydrogen-bond donors (Lipinski definition) is 1. The predicted molar refractivity (Wildman–Crippen MR) is 97.7 cm³/mol. The fourth-order valence-electron chi connectivity index (χ4n) is 2.59. The summed E-state index contributed by atoms with van der Waals surface area (Å²) in [7, 11) is 0. The highest BCUT2D eigenvalue weighted by molar-refractivity contribution is 5.77. The van der Waals surface area contributed by atoms with Crippen molar-refractivity contribution < 1.29 is 9.53 Å². The third kappa shape index (κ3) is 4.53. The van der Waals surface area contributed by atoms with Gasteiger partial charge in [-0.2, -0.15) is 0 Å². The van der Waals surface area contributed by atoms with Crippen LogP contribution in [0.2, 0.25) is 0 Å². The molecule has 3 rings (SSSR count). The maximum absolute atomic E-state index is 11.9. The minimum atomic E-state index is -0.145. The summed E-state index contributed by atoms with van der Waals surface area (Å²) in [5.41, 5.74) is 4.65. The number of hydrogen-bond acceptors (Lipinski definition) is 4. The highest BCUT2D eigenvalue weighted by Crippen LogP contribution is 2.13. The van der Waals surface area contributed by atoms with Gasteiger partial charge in [0.15, 0.2) is 6.61 Å². The van der Waals surface area contributed by atoms with Crippen LogP contribution in [0.1, 0.15) is 17.0 Å². The number of fused-ring (bicyclic) bond motifs is 1. The lowest BCUT2D eigenvalue weighted by Crippen LogP contribution is -2.30. The van der Waals surface area contributed by atoms with E-state index < -0.39 is 0 Å². The minimum Gasteiger partial charge on any atom is -0.484 e. The molecule has 1 heterocycles. The highest BCUT2D eigenvalue weighted by Gasteiger charge is 2.07. The van der Waals surface area contributed by atoms with Gasteiger partial charge in [0.1, 0.15) is 5.75 Å². The van der Waals surface area contributed by atoms with Gasteiger partial charge in [0.2, 0.25) is 0 Å². The Labute approximate surface area is 147 Å². The second-order valence-corrected chi connectivity index (χ2v) is 5.95. The van der Waals surface area contributed by atoms with Crippen LogP contribution in [0, 0.1) is 13.8 Å². The first kappa shape index (κ1) is 16.9. The molecule has 5 heteroatoms. The van der Waals surface area contributed by atoms with E-state index in [-0.39, 0.29) is 12.5 Å². The average Bonchev–Trinajstić information content (AvgIpc) is 2.60. The summed E-state index contributed by atoms with van der Waals surface area (Å²) in [5.74, 6) is 0.555. The normalized spacial score (nSPS) is 10.6. The van der Waals surface area contributed by atoms with E-state index in [1.165, 1.54) is 0 Å². The summed E-state index contributed by atoms with van der Waals surface area (Å²) in [5, 5.41) is 2.86. The van der Waals surface area contributed by atoms with Crippen LogP contribution in [-0.4, -0.2) is 29.0 Å². The quantitative estimate of drug-likeness (QED) is 0.752. The van der Waals surface area contributed by atoms with Crippen molar-refractivity contribution in [1.29, 1.82) is 0 Å². The lowest BCUT2D eigenvalue weighted by atomic mass is 10.2. The Kier molecular flexibility index (Phi) is 5.23. The van der Waals surface area contributed by atoms with Crippen molar-refractivity contribution in [3.63, 3.8) is 0 Å². The number of rotatable bonds is 6. The molecular weight excluding hydrogens is 314 g/mol. The number of carbonyl (C=O) groups excluding carboxylic acids is 1. The number of nitrogens with zero attached hydrogens (tertiary/aromatic N) is 2. The molecule has 0 atom stereocenters. The molecule has 5 nitrogen and oxygen atoms in total. The molecule has 0 unspecified atom stereocenters. The third-order valence-electron chi connectivity index (χ3n) is 3.89. The van der Waals surface area contributed by atoms with Crippen molar-refractivity contribution in [2.45, 2.75) is 20.3 Å². The largest absolute Gasteiger partial charge is 0.484 e. The van der Waals surface area contributed by atoms with Crippen LogP contribution >= 0.6 is 0 Å². The third-order valence-corrected chi connectivity index (χ3v) is 3.89. The highest BCUT2D eigenvalue weighted by atomic mass is 16.5. The summed E-state index contributed by atoms with van der Waals surface area (Å²) < 4.78 is 5.49. The molecule has 0 fully saturated rings. The fraction of sp³-hybridized carbons (Fsp3) is 0.250. The zero-order chi connectivity index (χ0) is 17.6. The molecule has 0 saturated carbocycles. The number of para-hydroxylation sites is 2. The number of carbonyl (C=O) groups is 1. The summed E-state index contributed by atoms with van der Waals surface area (Å²) in [6, 6.07) is 15.4. The molecule has 1 amide bonds. The summed E-state index contributed by atoms with van der Waals surface area (Å²) >= 11 is 0. The Hall–Kier alpha value is -2.95. The van der Waals surface area contributed by atoms with Crippen molar-refractivity contribution in [3.8, 4) is 5.75 Å². The first-order chi connectivity index (χ1) is 12.1. The Morgan fingerprint density at radius 3 is 2.56 bits per heavy atom. The Morgan fingerprint density at radius 1 is 1.04 bits per heavy atom. The van der Waals surface area contributed by atoms with E-state index in [1.807, 2.05) is 62.4 Å². The van der Waals surface area contributed by atoms with Gasteiger partial charge in [0.25, 0.3) is 5.91 Å². The van der Waals surface area contributed by atoms with Gasteiger partial charge in [-0.05, 0) is 43.7 Å². The standard InChI is InChI=1S/C20H21N3O2/c1-14-6-5-7-16(12-14)25-13-20(24)21-11-10-17-15(2)22-18-8-3-4-9-19(18)23-17/h3-9,12H,10-11,13H2,1-2H3,(H,21,24). The van der Waals surface area contributed by atoms with Gasteiger partial charge in [0, 0.05) is 13.0 Å². The molecule has 0 radical (unpaired) electrons. The fourth-order valence-corrected chi connectivity index (χ4v) is 2.59. The number of amides is 1. The van der Waals surface area contributed by atoms with Gasteiger partial charge in [-0.25, -0.2) is 9.97 Å². The molecule has 0 aliphatic rings. The van der Waals surface area contributed by atoms with Crippen LogP contribution in [0.4, 0.5) is 0 Å². The molecule has 0 spiro atoms. The van der Waals surface area contributed by atoms with Crippen LogP contribution in [0.3, 0.4) is 0 Å². The molecule has 0 aliphatic heterocycles. The van der Waals surface area contributed by atoms with Crippen molar-refractivity contribution >= 4 is 16.9 Å². The van der Waals surface area contributed by atoms with Crippen molar-refractivity contribution in [2.75, 3.05) is 13.2 Å². The first-order valence-electron chi connectivity index (χ1n) is 8.30. The number of ether oxygens (including phenoxy) is 1. The van der Waals surface area contributed by atoms with Crippen LogP contribution in [-0.2, 0) is 11.2 Å². The van der Waals surface area contributed by atoms with Gasteiger partial charge in [-0.3, -0.25) is 4.79 Å². The van der Waals surface area contributed by atoms with E-state index >= 15 is 0 Å². The van der Waals surface area contributed by atoms with E-state index in [0.717, 1.165) is 28.0 Å². The van der Waals surface area contributed by atoms with E-state index in [0.29, 0.717) is 18.7 Å². The van der Waals surface area contributed by atoms with Crippen LogP contribution in [0.25, 0.3) is 11.0 Å². The van der Waals surface area contributed by atoms with Crippen molar-refractivity contribution in [1.82, 2.24) is 15.3 Å². The predicted octanol–water partition coefficient (Wildman–Crippen LogP) is 2.98. The van der Waals surface area contributed by atoms with Gasteiger partial charge in [0.05, 0.1) is 22.4 Å².